The Balaban J connectivity index is 1.79. The summed E-state index contributed by atoms with van der Waals surface area (Å²) in [6, 6.07) is 9.13. The van der Waals surface area contributed by atoms with E-state index < -0.39 is 44.9 Å². The van der Waals surface area contributed by atoms with Gasteiger partial charge in [0.05, 0.1) is 26.9 Å². The number of carbonyl (C=O) groups excluding carboxylic acids is 3. The molecule has 2 aromatic carbocycles. The van der Waals surface area contributed by atoms with Crippen molar-refractivity contribution in [2.75, 3.05) is 6.54 Å². The monoisotopic (exact) mass is 501 g/mol. The molecular weight excluding hydrogens is 482 g/mol. The number of carbonyl (C=O) groups is 3. The Morgan fingerprint density at radius 2 is 1.89 bits per heavy atom. The van der Waals surface area contributed by atoms with E-state index in [1.54, 1.807) is 19.1 Å². The van der Waals surface area contributed by atoms with Crippen molar-refractivity contribution in [3.05, 3.63) is 73.2 Å². The highest BCUT2D eigenvalue weighted by atomic mass is 32.2. The molecule has 0 radical (unpaired) electrons. The zero-order valence-electron chi connectivity index (χ0n) is 18.5. The van der Waals surface area contributed by atoms with Gasteiger partial charge in [-0.25, -0.2) is 0 Å². The molecule has 35 heavy (non-hydrogen) atoms. The maximum Gasteiger partial charge on any atom is 0.326 e. The quantitative estimate of drug-likeness (QED) is 0.204. The molecule has 1 aliphatic heterocycles. The molecule has 2 aromatic rings. The van der Waals surface area contributed by atoms with Crippen LogP contribution in [0.1, 0.15) is 25.8 Å². The molecule has 0 bridgehead atoms. The number of nitro benzene ring substituents is 2. The first kappa shape index (κ1) is 25.4. The molecule has 12 nitrogen and oxygen atoms in total. The highest BCUT2D eigenvalue weighted by Crippen LogP contribution is 2.36. The molecular formula is C22H19N3O9S. The number of ether oxygens (including phenoxy) is 2. The van der Waals surface area contributed by atoms with Crippen LogP contribution >= 0.6 is 11.8 Å². The second-order valence-corrected chi connectivity index (χ2v) is 8.31. The molecule has 182 valence electrons. The van der Waals surface area contributed by atoms with Gasteiger partial charge in [0.1, 0.15) is 12.3 Å². The molecule has 2 amide bonds. The molecule has 0 N–H and O–H groups in total. The number of nitro groups is 2. The number of imide groups is 1. The normalized spacial score (nSPS) is 15.3. The third kappa shape index (κ3) is 6.20. The third-order valence-electron chi connectivity index (χ3n) is 4.80. The summed E-state index contributed by atoms with van der Waals surface area (Å²) in [7, 11) is 0. The van der Waals surface area contributed by atoms with E-state index >= 15 is 0 Å². The Bertz CT molecular complexity index is 1240. The van der Waals surface area contributed by atoms with E-state index in [0.29, 0.717) is 23.7 Å². The number of hydrogen-bond acceptors (Lipinski definition) is 10. The summed E-state index contributed by atoms with van der Waals surface area (Å²) in [5.41, 5.74) is -0.601. The Morgan fingerprint density at radius 3 is 2.54 bits per heavy atom. The lowest BCUT2D eigenvalue weighted by molar-refractivity contribution is -0.394. The lowest BCUT2D eigenvalue weighted by atomic mass is 10.2. The van der Waals surface area contributed by atoms with Crippen LogP contribution in [0.4, 0.5) is 16.2 Å². The SMILES string of the molecule is CC[C@H](C)OC(=O)CN1C(=O)S/C(=C/c2cccc(Oc3ccc([N+](=O)[O-])cc3[N+](=O)[O-])c2)C1=O. The van der Waals surface area contributed by atoms with Crippen molar-refractivity contribution in [1.29, 1.82) is 0 Å². The van der Waals surface area contributed by atoms with Crippen LogP contribution in [0.3, 0.4) is 0 Å². The van der Waals surface area contributed by atoms with Crippen molar-refractivity contribution in [2.24, 2.45) is 0 Å². The number of hydrogen-bond donors (Lipinski definition) is 0. The average Bonchev–Trinajstić information content (AvgIpc) is 3.06. The second-order valence-electron chi connectivity index (χ2n) is 7.32. The first-order valence-corrected chi connectivity index (χ1v) is 11.1. The molecule has 1 heterocycles. The fourth-order valence-electron chi connectivity index (χ4n) is 2.90. The van der Waals surface area contributed by atoms with Crippen molar-refractivity contribution < 1.29 is 33.7 Å². The van der Waals surface area contributed by atoms with Gasteiger partial charge >= 0.3 is 11.7 Å². The summed E-state index contributed by atoms with van der Waals surface area (Å²) in [5, 5.41) is 21.6. The van der Waals surface area contributed by atoms with Gasteiger partial charge in [-0.15, -0.1) is 0 Å². The number of benzene rings is 2. The highest BCUT2D eigenvalue weighted by Gasteiger charge is 2.37. The van der Waals surface area contributed by atoms with Crippen LogP contribution in [0.15, 0.2) is 47.4 Å². The average molecular weight is 501 g/mol. The molecule has 0 aliphatic carbocycles. The van der Waals surface area contributed by atoms with Crippen LogP contribution in [0.25, 0.3) is 6.08 Å². The predicted octanol–water partition coefficient (Wildman–Crippen LogP) is 4.67. The van der Waals surface area contributed by atoms with E-state index in [2.05, 4.69) is 0 Å². The fourth-order valence-corrected chi connectivity index (χ4v) is 3.74. The van der Waals surface area contributed by atoms with Gasteiger partial charge in [-0.3, -0.25) is 39.5 Å². The van der Waals surface area contributed by atoms with Crippen LogP contribution in [-0.2, 0) is 14.3 Å². The zero-order chi connectivity index (χ0) is 25.7. The van der Waals surface area contributed by atoms with Crippen molar-refractivity contribution >= 4 is 46.3 Å². The van der Waals surface area contributed by atoms with Gasteiger partial charge in [0.2, 0.25) is 5.75 Å². The maximum atomic E-state index is 12.6. The van der Waals surface area contributed by atoms with E-state index in [0.717, 1.165) is 23.1 Å². The summed E-state index contributed by atoms with van der Waals surface area (Å²) in [6.45, 7) is 3.03. The highest BCUT2D eigenvalue weighted by molar-refractivity contribution is 8.18. The minimum Gasteiger partial charge on any atom is -0.461 e. The summed E-state index contributed by atoms with van der Waals surface area (Å²) in [6.07, 6.45) is 1.67. The molecule has 1 fully saturated rings. The van der Waals surface area contributed by atoms with Crippen LogP contribution < -0.4 is 4.74 Å². The first-order valence-electron chi connectivity index (χ1n) is 10.2. The summed E-state index contributed by atoms with van der Waals surface area (Å²) in [4.78, 5) is 58.4. The van der Waals surface area contributed by atoms with Crippen LogP contribution in [0.2, 0.25) is 0 Å². The molecule has 1 atom stereocenters. The molecule has 0 saturated carbocycles. The molecule has 1 saturated heterocycles. The van der Waals surface area contributed by atoms with E-state index in [-0.39, 0.29) is 22.5 Å². The topological polar surface area (TPSA) is 159 Å². The Morgan fingerprint density at radius 1 is 1.14 bits per heavy atom. The van der Waals surface area contributed by atoms with Crippen LogP contribution in [-0.4, -0.2) is 44.5 Å². The Hall–Kier alpha value is -4.26. The largest absolute Gasteiger partial charge is 0.461 e. The van der Waals surface area contributed by atoms with E-state index in [9.17, 15) is 34.6 Å². The van der Waals surface area contributed by atoms with Crippen LogP contribution in [0, 0.1) is 20.2 Å². The molecule has 1 aliphatic rings. The van der Waals surface area contributed by atoms with Gasteiger partial charge in [-0.1, -0.05) is 19.1 Å². The standard InChI is InChI=1S/C22H19N3O9S/c1-3-13(2)33-20(26)12-23-21(27)19(35-22(23)28)10-14-5-4-6-16(9-14)34-18-8-7-15(24(29)30)11-17(18)25(31)32/h4-11,13H,3,12H2,1-2H3/b19-10+/t13-/m0/s1. The van der Waals surface area contributed by atoms with Crippen molar-refractivity contribution in [3.8, 4) is 11.5 Å². The number of non-ortho nitro benzene ring substituents is 1. The van der Waals surface area contributed by atoms with Gasteiger partial charge in [-0.2, -0.15) is 0 Å². The summed E-state index contributed by atoms with van der Waals surface area (Å²) < 4.78 is 10.7. The predicted molar refractivity (Wildman–Crippen MR) is 125 cm³/mol. The number of rotatable bonds is 9. The molecule has 3 rings (SSSR count). The number of esters is 1. The molecule has 0 unspecified atom stereocenters. The number of amides is 2. The van der Waals surface area contributed by atoms with Gasteiger partial charge < -0.3 is 9.47 Å². The van der Waals surface area contributed by atoms with E-state index in [1.165, 1.54) is 18.2 Å². The van der Waals surface area contributed by atoms with Gasteiger partial charge in [-0.05, 0) is 54.9 Å². The van der Waals surface area contributed by atoms with Gasteiger partial charge in [0.15, 0.2) is 0 Å². The molecule has 0 spiro atoms. The van der Waals surface area contributed by atoms with E-state index in [1.807, 2.05) is 6.92 Å². The molecule has 13 heteroatoms. The Kier molecular flexibility index (Phi) is 7.81. The number of thioether (sulfide) groups is 1. The summed E-state index contributed by atoms with van der Waals surface area (Å²) >= 11 is 0.661. The maximum absolute atomic E-state index is 12.6. The second kappa shape index (κ2) is 10.8. The van der Waals surface area contributed by atoms with Gasteiger partial charge in [0, 0.05) is 6.07 Å². The van der Waals surface area contributed by atoms with Gasteiger partial charge in [0.25, 0.3) is 16.8 Å². The fraction of sp³-hybridized carbons (Fsp3) is 0.227. The molecule has 0 aromatic heterocycles. The minimum atomic E-state index is -0.797. The third-order valence-corrected chi connectivity index (χ3v) is 5.71. The van der Waals surface area contributed by atoms with Crippen LogP contribution in [0.5, 0.6) is 11.5 Å². The zero-order valence-corrected chi connectivity index (χ0v) is 19.4. The smallest absolute Gasteiger partial charge is 0.326 e. The number of nitrogens with zero attached hydrogens (tertiary/aromatic N) is 3. The van der Waals surface area contributed by atoms with Crippen molar-refractivity contribution in [3.63, 3.8) is 0 Å². The lowest BCUT2D eigenvalue weighted by Crippen LogP contribution is -2.35. The van der Waals surface area contributed by atoms with Crippen molar-refractivity contribution in [2.45, 2.75) is 26.4 Å². The first-order chi connectivity index (χ1) is 16.6. The van der Waals surface area contributed by atoms with Crippen molar-refractivity contribution in [1.82, 2.24) is 4.90 Å². The van der Waals surface area contributed by atoms with E-state index in [4.69, 9.17) is 9.47 Å². The Labute approximate surface area is 202 Å². The minimum absolute atomic E-state index is 0.0739. The summed E-state index contributed by atoms with van der Waals surface area (Å²) in [5.74, 6) is -1.40. The lowest BCUT2D eigenvalue weighted by Gasteiger charge is -2.14.